The second kappa shape index (κ2) is 22.3. The number of nitrogens with one attached hydrogen (secondary N) is 4. The number of carbonyl (C=O) groups excluding carboxylic acids is 6. The summed E-state index contributed by atoms with van der Waals surface area (Å²) in [6.07, 6.45) is 2.51. The van der Waals surface area contributed by atoms with Gasteiger partial charge in [-0.05, 0) is 72.2 Å². The molecule has 4 N–H and O–H groups in total. The predicted molar refractivity (Wildman–Crippen MR) is 245 cm³/mol. The number of carbonyl (C=O) groups is 6. The van der Waals surface area contributed by atoms with Crippen LogP contribution in [-0.2, 0) is 44.9 Å². The molecule has 64 heavy (non-hydrogen) atoms. The Balaban J connectivity index is 0.988. The monoisotopic (exact) mass is 860 g/mol. The third-order valence-corrected chi connectivity index (χ3v) is 12.2. The maximum Gasteiger partial charge on any atom is 0.253 e. The van der Waals surface area contributed by atoms with Crippen LogP contribution in [0.3, 0.4) is 0 Å². The second-order valence-electron chi connectivity index (χ2n) is 16.5. The Bertz CT molecular complexity index is 2050. The van der Waals surface area contributed by atoms with Gasteiger partial charge in [-0.1, -0.05) is 121 Å². The number of amides is 6. The van der Waals surface area contributed by atoms with Gasteiger partial charge in [0.25, 0.3) is 11.8 Å². The highest BCUT2D eigenvalue weighted by Crippen LogP contribution is 2.28. The van der Waals surface area contributed by atoms with E-state index in [0.717, 1.165) is 22.3 Å². The van der Waals surface area contributed by atoms with Crippen molar-refractivity contribution in [3.05, 3.63) is 179 Å². The van der Waals surface area contributed by atoms with Gasteiger partial charge in [-0.25, -0.2) is 0 Å². The van der Waals surface area contributed by atoms with E-state index in [1.54, 1.807) is 24.3 Å². The molecule has 4 atom stereocenters. The Morgan fingerprint density at radius 3 is 0.781 bits per heavy atom. The van der Waals surface area contributed by atoms with Crippen LogP contribution < -0.4 is 21.3 Å². The lowest BCUT2D eigenvalue weighted by atomic mass is 9.94. The molecule has 2 aliphatic rings. The molecule has 0 aromatic heterocycles. The van der Waals surface area contributed by atoms with Crippen LogP contribution in [0.1, 0.15) is 43.0 Å². The molecule has 0 radical (unpaired) electrons. The van der Waals surface area contributed by atoms with E-state index in [9.17, 15) is 28.8 Å². The third-order valence-electron chi connectivity index (χ3n) is 12.2. The van der Waals surface area contributed by atoms with E-state index in [1.807, 2.05) is 121 Å². The molecule has 12 nitrogen and oxygen atoms in total. The summed E-state index contributed by atoms with van der Waals surface area (Å²) in [5.74, 6) is -4.86. The molecule has 0 unspecified atom stereocenters. The summed E-state index contributed by atoms with van der Waals surface area (Å²) in [6.45, 7) is 1.80. The average molecular weight is 861 g/mol. The summed E-state index contributed by atoms with van der Waals surface area (Å²) in [6, 6.07) is 45.5. The van der Waals surface area contributed by atoms with Crippen molar-refractivity contribution in [3.63, 3.8) is 0 Å². The third kappa shape index (κ3) is 12.1. The molecular weight excluding hydrogens is 805 g/mol. The minimum absolute atomic E-state index is 0.0604. The smallest absolute Gasteiger partial charge is 0.253 e. The molecule has 5 aromatic rings. The van der Waals surface area contributed by atoms with Gasteiger partial charge in [0, 0.05) is 63.5 Å². The van der Waals surface area contributed by atoms with Crippen molar-refractivity contribution in [2.24, 2.45) is 23.7 Å². The maximum atomic E-state index is 14.0. The number of likely N-dealkylation sites (tertiary alicyclic amines) is 2. The minimum Gasteiger partial charge on any atom is -0.355 e. The van der Waals surface area contributed by atoms with Gasteiger partial charge in [-0.3, -0.25) is 28.8 Å². The average Bonchev–Trinajstić information content (AvgIpc) is 4.00. The first-order chi connectivity index (χ1) is 31.2. The van der Waals surface area contributed by atoms with Crippen molar-refractivity contribution in [1.82, 2.24) is 31.1 Å². The van der Waals surface area contributed by atoms with Crippen LogP contribution in [0, 0.1) is 23.7 Å². The fourth-order valence-electron chi connectivity index (χ4n) is 8.55. The Hall–Kier alpha value is -7.08. The zero-order chi connectivity index (χ0) is 44.7. The normalized spacial score (nSPS) is 17.9. The van der Waals surface area contributed by atoms with E-state index in [2.05, 4.69) is 21.3 Å². The molecule has 6 amide bonds. The van der Waals surface area contributed by atoms with Gasteiger partial charge in [-0.2, -0.15) is 0 Å². The Labute approximate surface area is 374 Å². The Morgan fingerprint density at radius 2 is 0.562 bits per heavy atom. The summed E-state index contributed by atoms with van der Waals surface area (Å²) in [4.78, 5) is 85.5. The first-order valence-corrected chi connectivity index (χ1v) is 22.2. The topological polar surface area (TPSA) is 157 Å². The standard InChI is InChI=1S/C52H56N6O6/c59-47(53-29-25-37-13-5-1-6-14-37)43-33-57(34-44(43)48(60)54-30-26-38-15-7-2-8-16-38)51(63)41-21-23-42(24-22-41)52(64)58-35-45(49(61)55-31-27-39-17-9-3-10-18-39)46(36-58)50(62)56-32-28-40-19-11-4-12-20-40/h1-24,43-46H,25-36H2,(H,53,59)(H,54,60)(H,55,61)(H,56,62)/t43-,44-,45-,46-/m1/s1. The Kier molecular flexibility index (Phi) is 15.7. The van der Waals surface area contributed by atoms with Gasteiger partial charge in [-0.15, -0.1) is 0 Å². The second-order valence-corrected chi connectivity index (χ2v) is 16.5. The van der Waals surface area contributed by atoms with Crippen molar-refractivity contribution in [2.75, 3.05) is 52.4 Å². The zero-order valence-corrected chi connectivity index (χ0v) is 36.0. The summed E-state index contributed by atoms with van der Waals surface area (Å²) in [5, 5.41) is 12.0. The van der Waals surface area contributed by atoms with Crippen LogP contribution in [0.2, 0.25) is 0 Å². The molecule has 2 saturated heterocycles. The number of hydrogen-bond donors (Lipinski definition) is 4. The molecule has 2 fully saturated rings. The lowest BCUT2D eigenvalue weighted by Crippen LogP contribution is -2.42. The van der Waals surface area contributed by atoms with Crippen molar-refractivity contribution in [1.29, 1.82) is 0 Å². The number of benzene rings is 5. The molecule has 0 bridgehead atoms. The number of rotatable bonds is 18. The van der Waals surface area contributed by atoms with Gasteiger partial charge in [0.2, 0.25) is 23.6 Å². The first kappa shape index (κ1) is 45.0. The first-order valence-electron chi connectivity index (χ1n) is 22.2. The van der Waals surface area contributed by atoms with Crippen LogP contribution in [0.4, 0.5) is 0 Å². The largest absolute Gasteiger partial charge is 0.355 e. The molecule has 0 spiro atoms. The van der Waals surface area contributed by atoms with E-state index >= 15 is 0 Å². The summed E-state index contributed by atoms with van der Waals surface area (Å²) < 4.78 is 0. The van der Waals surface area contributed by atoms with Crippen LogP contribution in [0.15, 0.2) is 146 Å². The Morgan fingerprint density at radius 1 is 0.344 bits per heavy atom. The fourth-order valence-corrected chi connectivity index (χ4v) is 8.55. The lowest BCUT2D eigenvalue weighted by Gasteiger charge is -2.18. The molecule has 2 heterocycles. The van der Waals surface area contributed by atoms with Crippen molar-refractivity contribution in [3.8, 4) is 0 Å². The molecule has 0 aliphatic carbocycles. The van der Waals surface area contributed by atoms with Gasteiger partial charge in [0.05, 0.1) is 23.7 Å². The van der Waals surface area contributed by atoms with Gasteiger partial charge >= 0.3 is 0 Å². The molecule has 2 aliphatic heterocycles. The summed E-state index contributed by atoms with van der Waals surface area (Å²) in [7, 11) is 0. The maximum absolute atomic E-state index is 14.0. The molecule has 330 valence electrons. The van der Waals surface area contributed by atoms with E-state index in [0.29, 0.717) is 63.0 Å². The van der Waals surface area contributed by atoms with E-state index in [1.165, 1.54) is 9.80 Å². The molecule has 12 heteroatoms. The van der Waals surface area contributed by atoms with Gasteiger partial charge < -0.3 is 31.1 Å². The number of nitrogens with zero attached hydrogens (tertiary/aromatic N) is 2. The molecule has 0 saturated carbocycles. The predicted octanol–water partition coefficient (Wildman–Crippen LogP) is 4.50. The quantitative estimate of drug-likeness (QED) is 0.102. The fraction of sp³-hybridized carbons (Fsp3) is 0.308. The number of hydrogen-bond acceptors (Lipinski definition) is 6. The zero-order valence-electron chi connectivity index (χ0n) is 36.0. The van der Waals surface area contributed by atoms with Crippen LogP contribution in [0.25, 0.3) is 0 Å². The van der Waals surface area contributed by atoms with Crippen LogP contribution >= 0.6 is 0 Å². The molecule has 7 rings (SSSR count). The van der Waals surface area contributed by atoms with Crippen molar-refractivity contribution in [2.45, 2.75) is 25.7 Å². The summed E-state index contributed by atoms with van der Waals surface area (Å²) >= 11 is 0. The van der Waals surface area contributed by atoms with Crippen molar-refractivity contribution >= 4 is 35.4 Å². The van der Waals surface area contributed by atoms with Gasteiger partial charge in [0.1, 0.15) is 0 Å². The minimum atomic E-state index is -0.751. The van der Waals surface area contributed by atoms with E-state index < -0.39 is 23.7 Å². The van der Waals surface area contributed by atoms with Crippen molar-refractivity contribution < 1.29 is 28.8 Å². The van der Waals surface area contributed by atoms with E-state index in [-0.39, 0.29) is 61.6 Å². The molecule has 5 aromatic carbocycles. The SMILES string of the molecule is O=C(NCCc1ccccc1)[C@@H]1CN(C(=O)c2ccc(C(=O)N3C[C@@H](C(=O)NCCc4ccccc4)[C@H](C(=O)NCCc4ccccc4)C3)cc2)C[C@H]1C(=O)NCCc1ccccc1. The highest BCUT2D eigenvalue weighted by Gasteiger charge is 2.45. The highest BCUT2D eigenvalue weighted by molar-refractivity contribution is 6.00. The van der Waals surface area contributed by atoms with Gasteiger partial charge in [0.15, 0.2) is 0 Å². The lowest BCUT2D eigenvalue weighted by molar-refractivity contribution is -0.132. The van der Waals surface area contributed by atoms with Crippen LogP contribution in [0.5, 0.6) is 0 Å². The van der Waals surface area contributed by atoms with E-state index in [4.69, 9.17) is 0 Å². The highest BCUT2D eigenvalue weighted by atomic mass is 16.2. The van der Waals surface area contributed by atoms with Crippen LogP contribution in [-0.4, -0.2) is 97.6 Å². The summed E-state index contributed by atoms with van der Waals surface area (Å²) in [5.41, 5.74) is 4.91. The molecular formula is C52H56N6O6.